The first-order chi connectivity index (χ1) is 12.6. The summed E-state index contributed by atoms with van der Waals surface area (Å²) in [5.41, 5.74) is 3.63. The van der Waals surface area contributed by atoms with Gasteiger partial charge in [-0.05, 0) is 40.5 Å². The van der Waals surface area contributed by atoms with Crippen molar-refractivity contribution >= 4 is 21.7 Å². The van der Waals surface area contributed by atoms with Gasteiger partial charge in [-0.25, -0.2) is 0 Å². The Bertz CT molecular complexity index is 912. The largest absolute Gasteiger partial charge is 0.264 e. The predicted octanol–water partition coefficient (Wildman–Crippen LogP) is 6.75. The minimum absolute atomic E-state index is 0. The molecule has 0 unspecified atom stereocenters. The molecule has 4 aromatic rings. The molecule has 0 spiro atoms. The lowest BCUT2D eigenvalue weighted by atomic mass is 9.99. The Hall–Kier alpha value is -2.81. The maximum atomic E-state index is 4.36. The lowest BCUT2D eigenvalue weighted by molar-refractivity contribution is 0.865. The summed E-state index contributed by atoms with van der Waals surface area (Å²) in [6.07, 6.45) is 9.47. The Balaban J connectivity index is 0.000000187. The van der Waals surface area contributed by atoms with E-state index >= 15 is 0 Å². The molecule has 0 radical (unpaired) electrons. The van der Waals surface area contributed by atoms with E-state index in [1.54, 1.807) is 0 Å². The summed E-state index contributed by atoms with van der Waals surface area (Å²) in [5, 5.41) is 3.68. The van der Waals surface area contributed by atoms with Gasteiger partial charge in [-0.2, -0.15) is 0 Å². The number of fused-ring (bicyclic) bond motifs is 2. The fraction of sp³-hybridized carbons (Fsp3) is 0.292. The number of rotatable bonds is 2. The van der Waals surface area contributed by atoms with Gasteiger partial charge >= 0.3 is 0 Å². The summed E-state index contributed by atoms with van der Waals surface area (Å²) in [6, 6.07) is 12.4. The second kappa shape index (κ2) is 9.22. The number of hydrogen-bond acceptors (Lipinski definition) is 3. The zero-order valence-corrected chi connectivity index (χ0v) is 15.8. The van der Waals surface area contributed by atoms with E-state index in [-0.39, 0.29) is 7.43 Å². The summed E-state index contributed by atoms with van der Waals surface area (Å²) in [7, 11) is 0. The highest BCUT2D eigenvalue weighted by Crippen LogP contribution is 2.23. The average Bonchev–Trinajstić information content (AvgIpc) is 2.67. The van der Waals surface area contributed by atoms with Gasteiger partial charge in [-0.15, -0.1) is 0 Å². The molecule has 4 rings (SSSR count). The maximum absolute atomic E-state index is 4.36. The van der Waals surface area contributed by atoms with Crippen LogP contribution >= 0.6 is 0 Å². The molecule has 1 aromatic carbocycles. The van der Waals surface area contributed by atoms with Crippen LogP contribution in [-0.2, 0) is 0 Å². The molecule has 0 fully saturated rings. The van der Waals surface area contributed by atoms with E-state index in [2.05, 4.69) is 60.8 Å². The summed E-state index contributed by atoms with van der Waals surface area (Å²) in [6.45, 7) is 8.71. The van der Waals surface area contributed by atoms with Crippen molar-refractivity contribution in [2.75, 3.05) is 0 Å². The van der Waals surface area contributed by atoms with Crippen LogP contribution < -0.4 is 0 Å². The maximum Gasteiger partial charge on any atom is 0.0767 e. The van der Waals surface area contributed by atoms with Crippen LogP contribution in [0.25, 0.3) is 21.7 Å². The van der Waals surface area contributed by atoms with Gasteiger partial charge in [0, 0.05) is 41.8 Å². The molecule has 0 bridgehead atoms. The highest BCUT2D eigenvalue weighted by atomic mass is 14.7. The minimum Gasteiger partial charge on any atom is -0.264 e. The number of nitrogens with zero attached hydrogens (tertiary/aromatic N) is 3. The standard InChI is InChI=1S/C12H13N.C11H12N2.CH4/c1-9(2)12-8-13-7-10-5-3-4-6-11(10)12;1-8(2)10-7-12-6-9-4-3-5-13-11(9)10;/h3-9H,1-2H3;3-8H,1-2H3;1H4. The van der Waals surface area contributed by atoms with E-state index < -0.39 is 0 Å². The van der Waals surface area contributed by atoms with Gasteiger partial charge in [-0.3, -0.25) is 15.0 Å². The van der Waals surface area contributed by atoms with Gasteiger partial charge in [0.05, 0.1) is 5.52 Å². The van der Waals surface area contributed by atoms with Crippen LogP contribution in [0.1, 0.15) is 58.1 Å². The number of benzene rings is 1. The number of hydrogen-bond donors (Lipinski definition) is 0. The van der Waals surface area contributed by atoms with Crippen molar-refractivity contribution in [1.29, 1.82) is 0 Å². The molecule has 140 valence electrons. The molecule has 3 heteroatoms. The van der Waals surface area contributed by atoms with Crippen LogP contribution in [0, 0.1) is 0 Å². The molecule has 3 nitrogen and oxygen atoms in total. The van der Waals surface area contributed by atoms with Crippen molar-refractivity contribution in [2.45, 2.75) is 47.0 Å². The van der Waals surface area contributed by atoms with Crippen molar-refractivity contribution in [3.63, 3.8) is 0 Å². The number of aromatic nitrogens is 3. The monoisotopic (exact) mass is 359 g/mol. The van der Waals surface area contributed by atoms with E-state index in [9.17, 15) is 0 Å². The highest BCUT2D eigenvalue weighted by molar-refractivity contribution is 5.85. The molecule has 0 aliphatic heterocycles. The molecule has 0 amide bonds. The molecule has 0 saturated heterocycles. The third-order valence-electron chi connectivity index (χ3n) is 4.48. The summed E-state index contributed by atoms with van der Waals surface area (Å²) < 4.78 is 0. The molecular weight excluding hydrogens is 330 g/mol. The Labute approximate surface area is 162 Å². The van der Waals surface area contributed by atoms with Crippen LogP contribution in [0.3, 0.4) is 0 Å². The van der Waals surface area contributed by atoms with E-state index in [0.29, 0.717) is 11.8 Å². The van der Waals surface area contributed by atoms with Gasteiger partial charge in [0.15, 0.2) is 0 Å². The topological polar surface area (TPSA) is 38.7 Å². The first kappa shape index (κ1) is 20.5. The van der Waals surface area contributed by atoms with E-state index in [1.807, 2.05) is 49.2 Å². The Morgan fingerprint density at radius 1 is 0.667 bits per heavy atom. The molecule has 0 atom stereocenters. The molecule has 0 aliphatic rings. The Morgan fingerprint density at radius 2 is 1.26 bits per heavy atom. The van der Waals surface area contributed by atoms with Gasteiger partial charge in [0.25, 0.3) is 0 Å². The molecule has 27 heavy (non-hydrogen) atoms. The Morgan fingerprint density at radius 3 is 1.96 bits per heavy atom. The lowest BCUT2D eigenvalue weighted by Gasteiger charge is -2.08. The molecule has 3 heterocycles. The average molecular weight is 360 g/mol. The van der Waals surface area contributed by atoms with E-state index in [0.717, 1.165) is 10.9 Å². The summed E-state index contributed by atoms with van der Waals surface area (Å²) >= 11 is 0. The van der Waals surface area contributed by atoms with Crippen LogP contribution in [0.4, 0.5) is 0 Å². The van der Waals surface area contributed by atoms with Gasteiger partial charge < -0.3 is 0 Å². The van der Waals surface area contributed by atoms with Crippen molar-refractivity contribution in [3.05, 3.63) is 78.5 Å². The SMILES string of the molecule is C.CC(C)c1cncc2ccccc12.CC(C)c1cncc2cccnc12. The van der Waals surface area contributed by atoms with Gasteiger partial charge in [0.2, 0.25) is 0 Å². The van der Waals surface area contributed by atoms with Crippen molar-refractivity contribution in [1.82, 2.24) is 15.0 Å². The molecule has 0 aliphatic carbocycles. The first-order valence-corrected chi connectivity index (χ1v) is 9.09. The second-order valence-electron chi connectivity index (χ2n) is 7.06. The third-order valence-corrected chi connectivity index (χ3v) is 4.48. The fourth-order valence-electron chi connectivity index (χ4n) is 3.04. The third kappa shape index (κ3) is 4.68. The smallest absolute Gasteiger partial charge is 0.0767 e. The predicted molar refractivity (Wildman–Crippen MR) is 116 cm³/mol. The highest BCUT2D eigenvalue weighted by Gasteiger charge is 2.05. The number of pyridine rings is 3. The summed E-state index contributed by atoms with van der Waals surface area (Å²) in [4.78, 5) is 12.8. The molecule has 0 N–H and O–H groups in total. The van der Waals surface area contributed by atoms with E-state index in [4.69, 9.17) is 0 Å². The molecule has 3 aromatic heterocycles. The minimum atomic E-state index is 0. The van der Waals surface area contributed by atoms with Crippen LogP contribution in [0.2, 0.25) is 0 Å². The second-order valence-corrected chi connectivity index (χ2v) is 7.06. The Kier molecular flexibility index (Phi) is 7.00. The molecular formula is C24H29N3. The van der Waals surface area contributed by atoms with Crippen molar-refractivity contribution in [3.8, 4) is 0 Å². The molecule has 0 saturated carbocycles. The van der Waals surface area contributed by atoms with Crippen LogP contribution in [0.5, 0.6) is 0 Å². The quantitative estimate of drug-likeness (QED) is 0.397. The van der Waals surface area contributed by atoms with Crippen LogP contribution in [0.15, 0.2) is 67.4 Å². The first-order valence-electron chi connectivity index (χ1n) is 9.09. The van der Waals surface area contributed by atoms with Crippen molar-refractivity contribution < 1.29 is 0 Å². The van der Waals surface area contributed by atoms with Crippen molar-refractivity contribution in [2.24, 2.45) is 0 Å². The summed E-state index contributed by atoms with van der Waals surface area (Å²) in [5.74, 6) is 1.02. The normalized spacial score (nSPS) is 10.6. The van der Waals surface area contributed by atoms with Gasteiger partial charge in [0.1, 0.15) is 0 Å². The zero-order valence-electron chi connectivity index (χ0n) is 15.8. The zero-order chi connectivity index (χ0) is 18.5. The van der Waals surface area contributed by atoms with Crippen LogP contribution in [-0.4, -0.2) is 15.0 Å². The lowest BCUT2D eigenvalue weighted by Crippen LogP contribution is -1.92. The fourth-order valence-corrected chi connectivity index (χ4v) is 3.04. The van der Waals surface area contributed by atoms with Gasteiger partial charge in [-0.1, -0.05) is 59.4 Å². The van der Waals surface area contributed by atoms with E-state index in [1.165, 1.54) is 21.9 Å².